The molecule has 0 amide bonds. The van der Waals surface area contributed by atoms with E-state index in [0.717, 1.165) is 5.92 Å². The monoisotopic (exact) mass is 180 g/mol. The van der Waals surface area contributed by atoms with E-state index >= 15 is 0 Å². The van der Waals surface area contributed by atoms with Crippen molar-refractivity contribution in [1.82, 2.24) is 0 Å². The van der Waals surface area contributed by atoms with Gasteiger partial charge >= 0.3 is 0 Å². The zero-order valence-corrected chi connectivity index (χ0v) is 8.01. The summed E-state index contributed by atoms with van der Waals surface area (Å²) in [6, 6.07) is 8.67. The van der Waals surface area contributed by atoms with Crippen LogP contribution in [0.3, 0.4) is 0 Å². The molecular formula is C11H13Cl. The van der Waals surface area contributed by atoms with Crippen molar-refractivity contribution in [3.63, 3.8) is 0 Å². The first-order valence-electron chi connectivity index (χ1n) is 4.51. The molecule has 1 aliphatic carbocycles. The Morgan fingerprint density at radius 2 is 2.17 bits per heavy atom. The largest absolute Gasteiger partial charge is 0.118 e. The minimum absolute atomic E-state index is 0.142. The molecule has 0 bridgehead atoms. The third kappa shape index (κ3) is 1.64. The molecule has 0 heterocycles. The Morgan fingerprint density at radius 1 is 1.42 bits per heavy atom. The molecule has 1 aliphatic rings. The van der Waals surface area contributed by atoms with Crippen molar-refractivity contribution in [2.75, 3.05) is 0 Å². The molecule has 0 aliphatic heterocycles. The maximum atomic E-state index is 6.00. The average Bonchev–Trinajstić information content (AvgIpc) is 2.87. The first kappa shape index (κ1) is 8.12. The molecule has 1 aromatic carbocycles. The normalized spacial score (nSPS) is 19.2. The summed E-state index contributed by atoms with van der Waals surface area (Å²) in [5.74, 6) is 0.834. The predicted molar refractivity (Wildman–Crippen MR) is 52.7 cm³/mol. The molecule has 0 radical (unpaired) electrons. The second kappa shape index (κ2) is 3.10. The van der Waals surface area contributed by atoms with Gasteiger partial charge in [-0.2, -0.15) is 0 Å². The average molecular weight is 181 g/mol. The van der Waals surface area contributed by atoms with Crippen LogP contribution >= 0.6 is 11.6 Å². The first-order chi connectivity index (χ1) is 5.77. The Bertz CT molecular complexity index is 257. The molecule has 1 atom stereocenters. The maximum Gasteiger partial charge on any atom is 0.0557 e. The van der Waals surface area contributed by atoms with Crippen molar-refractivity contribution in [2.24, 2.45) is 0 Å². The number of alkyl halides is 1. The highest BCUT2D eigenvalue weighted by Crippen LogP contribution is 2.40. The first-order valence-corrected chi connectivity index (χ1v) is 4.95. The zero-order chi connectivity index (χ0) is 8.55. The number of halogens is 1. The smallest absolute Gasteiger partial charge is 0.0557 e. The fourth-order valence-electron chi connectivity index (χ4n) is 1.48. The van der Waals surface area contributed by atoms with Crippen LogP contribution in [0, 0.1) is 0 Å². The van der Waals surface area contributed by atoms with Crippen molar-refractivity contribution in [1.29, 1.82) is 0 Å². The van der Waals surface area contributed by atoms with Gasteiger partial charge in [-0.25, -0.2) is 0 Å². The Kier molecular flexibility index (Phi) is 2.10. The summed E-state index contributed by atoms with van der Waals surface area (Å²) >= 11 is 6.00. The van der Waals surface area contributed by atoms with Crippen molar-refractivity contribution in [2.45, 2.75) is 31.1 Å². The van der Waals surface area contributed by atoms with E-state index in [-0.39, 0.29) is 5.38 Å². The zero-order valence-electron chi connectivity index (χ0n) is 7.26. The summed E-state index contributed by atoms with van der Waals surface area (Å²) in [6.07, 6.45) is 2.72. The van der Waals surface area contributed by atoms with Crippen molar-refractivity contribution in [3.8, 4) is 0 Å². The quantitative estimate of drug-likeness (QED) is 0.607. The molecule has 1 saturated carbocycles. The van der Waals surface area contributed by atoms with Gasteiger partial charge in [-0.3, -0.25) is 0 Å². The summed E-state index contributed by atoms with van der Waals surface area (Å²) in [7, 11) is 0. The molecule has 1 heteroatoms. The van der Waals surface area contributed by atoms with Gasteiger partial charge in [0.25, 0.3) is 0 Å². The lowest BCUT2D eigenvalue weighted by Gasteiger charge is -2.05. The standard InChI is InChI=1S/C11H13Cl/c1-8(12)10-3-2-4-11(7-10)9-5-6-9/h2-4,7-9H,5-6H2,1H3. The summed E-state index contributed by atoms with van der Waals surface area (Å²) in [4.78, 5) is 0. The van der Waals surface area contributed by atoms with Gasteiger partial charge in [0.2, 0.25) is 0 Å². The lowest BCUT2D eigenvalue weighted by molar-refractivity contribution is 1.05. The lowest BCUT2D eigenvalue weighted by Crippen LogP contribution is -1.86. The van der Waals surface area contributed by atoms with Gasteiger partial charge in [0.15, 0.2) is 0 Å². The number of benzene rings is 1. The van der Waals surface area contributed by atoms with E-state index in [1.54, 1.807) is 0 Å². The molecule has 0 N–H and O–H groups in total. The predicted octanol–water partition coefficient (Wildman–Crippen LogP) is 3.86. The molecule has 1 aromatic rings. The minimum Gasteiger partial charge on any atom is -0.118 e. The highest BCUT2D eigenvalue weighted by atomic mass is 35.5. The van der Waals surface area contributed by atoms with Crippen LogP contribution in [-0.4, -0.2) is 0 Å². The molecule has 12 heavy (non-hydrogen) atoms. The highest BCUT2D eigenvalue weighted by molar-refractivity contribution is 6.20. The van der Waals surface area contributed by atoms with E-state index in [9.17, 15) is 0 Å². The fourth-order valence-corrected chi connectivity index (χ4v) is 1.61. The molecule has 0 spiro atoms. The van der Waals surface area contributed by atoms with Crippen LogP contribution < -0.4 is 0 Å². The third-order valence-corrected chi connectivity index (χ3v) is 2.67. The van der Waals surface area contributed by atoms with Crippen molar-refractivity contribution in [3.05, 3.63) is 35.4 Å². The summed E-state index contributed by atoms with van der Waals surface area (Å²) in [6.45, 7) is 2.02. The molecule has 1 unspecified atom stereocenters. The summed E-state index contributed by atoms with van der Waals surface area (Å²) in [5.41, 5.74) is 2.72. The van der Waals surface area contributed by atoms with Gasteiger partial charge in [0.1, 0.15) is 0 Å². The van der Waals surface area contributed by atoms with E-state index in [4.69, 9.17) is 11.6 Å². The van der Waals surface area contributed by atoms with Crippen LogP contribution in [0.1, 0.15) is 42.2 Å². The molecule has 0 aromatic heterocycles. The second-order valence-corrected chi connectivity index (χ2v) is 4.22. The Morgan fingerprint density at radius 3 is 2.75 bits per heavy atom. The van der Waals surface area contributed by atoms with E-state index in [2.05, 4.69) is 24.3 Å². The van der Waals surface area contributed by atoms with Gasteiger partial charge in [0, 0.05) is 0 Å². The Balaban J connectivity index is 2.26. The molecular weight excluding hydrogens is 168 g/mol. The lowest BCUT2D eigenvalue weighted by atomic mass is 10.1. The third-order valence-electron chi connectivity index (χ3n) is 2.42. The topological polar surface area (TPSA) is 0 Å². The van der Waals surface area contributed by atoms with Gasteiger partial charge in [-0.05, 0) is 36.8 Å². The van der Waals surface area contributed by atoms with Crippen LogP contribution in [0.5, 0.6) is 0 Å². The molecule has 0 nitrogen and oxygen atoms in total. The van der Waals surface area contributed by atoms with Gasteiger partial charge < -0.3 is 0 Å². The van der Waals surface area contributed by atoms with Crippen LogP contribution in [-0.2, 0) is 0 Å². The SMILES string of the molecule is CC(Cl)c1cccc(C2CC2)c1. The van der Waals surface area contributed by atoms with Crippen LogP contribution in [0.4, 0.5) is 0 Å². The maximum absolute atomic E-state index is 6.00. The number of rotatable bonds is 2. The minimum atomic E-state index is 0.142. The van der Waals surface area contributed by atoms with Crippen LogP contribution in [0.25, 0.3) is 0 Å². The molecule has 1 fully saturated rings. The summed E-state index contributed by atoms with van der Waals surface area (Å²) < 4.78 is 0. The van der Waals surface area contributed by atoms with Crippen LogP contribution in [0.2, 0.25) is 0 Å². The van der Waals surface area contributed by atoms with E-state index < -0.39 is 0 Å². The second-order valence-electron chi connectivity index (χ2n) is 3.56. The molecule has 2 rings (SSSR count). The Hall–Kier alpha value is -0.490. The van der Waals surface area contributed by atoms with E-state index in [1.807, 2.05) is 6.92 Å². The van der Waals surface area contributed by atoms with Crippen LogP contribution in [0.15, 0.2) is 24.3 Å². The number of hydrogen-bond acceptors (Lipinski definition) is 0. The highest BCUT2D eigenvalue weighted by Gasteiger charge is 2.23. The van der Waals surface area contributed by atoms with Gasteiger partial charge in [-0.15, -0.1) is 11.6 Å². The number of hydrogen-bond donors (Lipinski definition) is 0. The summed E-state index contributed by atoms with van der Waals surface area (Å²) in [5, 5.41) is 0.142. The fraction of sp³-hybridized carbons (Fsp3) is 0.455. The molecule has 64 valence electrons. The van der Waals surface area contributed by atoms with E-state index in [0.29, 0.717) is 0 Å². The molecule has 0 saturated heterocycles. The van der Waals surface area contributed by atoms with Gasteiger partial charge in [-0.1, -0.05) is 24.3 Å². The van der Waals surface area contributed by atoms with Gasteiger partial charge in [0.05, 0.1) is 5.38 Å². The van der Waals surface area contributed by atoms with E-state index in [1.165, 1.54) is 24.0 Å². The Labute approximate surface area is 78.6 Å². The van der Waals surface area contributed by atoms with Crippen molar-refractivity contribution < 1.29 is 0 Å². The van der Waals surface area contributed by atoms with Crippen molar-refractivity contribution >= 4 is 11.6 Å².